The molecule has 0 unspecified atom stereocenters. The van der Waals surface area contributed by atoms with Crippen LogP contribution in [0.25, 0.3) is 0 Å². The van der Waals surface area contributed by atoms with Crippen LogP contribution in [0.15, 0.2) is 42.5 Å². The molecule has 0 amide bonds. The lowest BCUT2D eigenvalue weighted by molar-refractivity contribution is 0.000840. The fourth-order valence-corrected chi connectivity index (χ4v) is 3.74. The summed E-state index contributed by atoms with van der Waals surface area (Å²) in [5.74, 6) is 1.37. The second-order valence-corrected chi connectivity index (χ2v) is 8.00. The molecule has 0 saturated carbocycles. The van der Waals surface area contributed by atoms with Crippen LogP contribution in [0.1, 0.15) is 11.1 Å². The van der Waals surface area contributed by atoms with Crippen molar-refractivity contribution in [1.82, 2.24) is 9.80 Å². The van der Waals surface area contributed by atoms with Crippen LogP contribution in [0.3, 0.4) is 0 Å². The maximum absolute atomic E-state index is 10.4. The van der Waals surface area contributed by atoms with Crippen molar-refractivity contribution in [2.24, 2.45) is 0 Å². The van der Waals surface area contributed by atoms with Crippen molar-refractivity contribution < 1.29 is 19.3 Å². The number of methoxy groups -OCH3 is 2. The molecule has 1 saturated heterocycles. The Balaban J connectivity index is 1.35. The number of halogens is 1. The lowest BCUT2D eigenvalue weighted by Crippen LogP contribution is -2.48. The van der Waals surface area contributed by atoms with Crippen molar-refractivity contribution in [2.75, 3.05) is 53.6 Å². The molecule has 1 N–H and O–H groups in total. The first-order valence-corrected chi connectivity index (χ1v) is 10.6. The SMILES string of the molecule is COc1ccc(COC[C@H](O)CN2CCN(Cc3ccc(Cl)cc3)CC2)cc1OC. The minimum Gasteiger partial charge on any atom is -0.493 e. The monoisotopic (exact) mass is 434 g/mol. The Morgan fingerprint density at radius 3 is 2.20 bits per heavy atom. The van der Waals surface area contributed by atoms with E-state index in [-0.39, 0.29) is 0 Å². The van der Waals surface area contributed by atoms with Gasteiger partial charge in [-0.15, -0.1) is 0 Å². The van der Waals surface area contributed by atoms with Crippen LogP contribution >= 0.6 is 11.6 Å². The Morgan fingerprint density at radius 1 is 0.900 bits per heavy atom. The highest BCUT2D eigenvalue weighted by Gasteiger charge is 2.19. The minimum atomic E-state index is -0.507. The zero-order valence-electron chi connectivity index (χ0n) is 17.7. The summed E-state index contributed by atoms with van der Waals surface area (Å²) < 4.78 is 16.3. The summed E-state index contributed by atoms with van der Waals surface area (Å²) in [7, 11) is 3.23. The van der Waals surface area contributed by atoms with Gasteiger partial charge in [-0.25, -0.2) is 0 Å². The number of hydrogen-bond donors (Lipinski definition) is 1. The Kier molecular flexibility index (Phi) is 8.78. The molecule has 1 aliphatic rings. The summed E-state index contributed by atoms with van der Waals surface area (Å²) in [4.78, 5) is 4.72. The van der Waals surface area contributed by atoms with Gasteiger partial charge in [-0.05, 0) is 35.4 Å². The van der Waals surface area contributed by atoms with Gasteiger partial charge in [-0.2, -0.15) is 0 Å². The number of aliphatic hydroxyl groups is 1. The van der Waals surface area contributed by atoms with E-state index in [0.717, 1.165) is 43.3 Å². The number of rotatable bonds is 10. The van der Waals surface area contributed by atoms with Gasteiger partial charge in [0.1, 0.15) is 0 Å². The van der Waals surface area contributed by atoms with Gasteiger partial charge >= 0.3 is 0 Å². The van der Waals surface area contributed by atoms with Gasteiger partial charge in [-0.3, -0.25) is 9.80 Å². The lowest BCUT2D eigenvalue weighted by atomic mass is 10.2. The first-order valence-electron chi connectivity index (χ1n) is 10.2. The molecule has 0 bridgehead atoms. The normalized spacial score (nSPS) is 16.4. The second kappa shape index (κ2) is 11.5. The third-order valence-corrected chi connectivity index (χ3v) is 5.53. The molecule has 6 nitrogen and oxygen atoms in total. The van der Waals surface area contributed by atoms with Gasteiger partial charge in [-0.1, -0.05) is 29.8 Å². The van der Waals surface area contributed by atoms with E-state index < -0.39 is 6.10 Å². The lowest BCUT2D eigenvalue weighted by Gasteiger charge is -2.35. The molecule has 1 heterocycles. The number of nitrogens with zero attached hydrogens (tertiary/aromatic N) is 2. The van der Waals surface area contributed by atoms with Crippen LogP contribution in [0.4, 0.5) is 0 Å². The van der Waals surface area contributed by atoms with Gasteiger partial charge in [0.15, 0.2) is 11.5 Å². The minimum absolute atomic E-state index is 0.305. The highest BCUT2D eigenvalue weighted by atomic mass is 35.5. The third-order valence-electron chi connectivity index (χ3n) is 5.28. The van der Waals surface area contributed by atoms with Gasteiger partial charge < -0.3 is 19.3 Å². The Morgan fingerprint density at radius 2 is 1.53 bits per heavy atom. The van der Waals surface area contributed by atoms with E-state index in [9.17, 15) is 5.11 Å². The van der Waals surface area contributed by atoms with E-state index in [2.05, 4.69) is 21.9 Å². The van der Waals surface area contributed by atoms with Crippen molar-refractivity contribution in [1.29, 1.82) is 0 Å². The predicted octanol–water partition coefficient (Wildman–Crippen LogP) is 3.05. The maximum Gasteiger partial charge on any atom is 0.161 e. The Hall–Kier alpha value is -1.83. The summed E-state index contributed by atoms with van der Waals surface area (Å²) in [5, 5.41) is 11.1. The topological polar surface area (TPSA) is 54.4 Å². The van der Waals surface area contributed by atoms with Gasteiger partial charge in [0.25, 0.3) is 0 Å². The molecule has 2 aromatic rings. The summed E-state index contributed by atoms with van der Waals surface area (Å²) in [6.45, 7) is 6.15. The largest absolute Gasteiger partial charge is 0.493 e. The van der Waals surface area contributed by atoms with Crippen molar-refractivity contribution in [3.63, 3.8) is 0 Å². The molecule has 30 heavy (non-hydrogen) atoms. The van der Waals surface area contributed by atoms with Gasteiger partial charge in [0.2, 0.25) is 0 Å². The van der Waals surface area contributed by atoms with Crippen LogP contribution in [-0.2, 0) is 17.9 Å². The molecule has 2 aromatic carbocycles. The zero-order chi connectivity index (χ0) is 21.3. The molecule has 1 fully saturated rings. The number of piperazine rings is 1. The average molecular weight is 435 g/mol. The van der Waals surface area contributed by atoms with E-state index in [4.69, 9.17) is 25.8 Å². The van der Waals surface area contributed by atoms with Crippen molar-refractivity contribution >= 4 is 11.6 Å². The molecule has 1 atom stereocenters. The molecule has 0 aromatic heterocycles. The van der Waals surface area contributed by atoms with Gasteiger partial charge in [0.05, 0.1) is 33.5 Å². The highest BCUT2D eigenvalue weighted by molar-refractivity contribution is 6.30. The van der Waals surface area contributed by atoms with E-state index in [1.165, 1.54) is 5.56 Å². The summed E-state index contributed by atoms with van der Waals surface area (Å²) in [6.07, 6.45) is -0.507. The summed E-state index contributed by atoms with van der Waals surface area (Å²) in [5.41, 5.74) is 2.26. The number of β-amino-alcohol motifs (C(OH)–C–C–N with tert-alkyl or cyclic N) is 1. The quantitative estimate of drug-likeness (QED) is 0.620. The standard InChI is InChI=1S/C23H31ClN2O4/c1-28-22-8-5-19(13-23(22)29-2)16-30-17-21(27)15-26-11-9-25(10-12-26)14-18-3-6-20(24)7-4-18/h3-8,13,21,27H,9-12,14-17H2,1-2H3/t21-/m1/s1. The molecular weight excluding hydrogens is 404 g/mol. The molecule has 0 aliphatic carbocycles. The first-order chi connectivity index (χ1) is 14.6. The molecule has 3 rings (SSSR count). The Labute approximate surface area is 183 Å². The number of benzene rings is 2. The molecule has 0 radical (unpaired) electrons. The van der Waals surface area contributed by atoms with Crippen LogP contribution in [0, 0.1) is 0 Å². The maximum atomic E-state index is 10.4. The van der Waals surface area contributed by atoms with Crippen LogP contribution < -0.4 is 9.47 Å². The molecular formula is C23H31ClN2O4. The smallest absolute Gasteiger partial charge is 0.161 e. The molecule has 1 aliphatic heterocycles. The van der Waals surface area contributed by atoms with E-state index in [1.807, 2.05) is 30.3 Å². The van der Waals surface area contributed by atoms with Crippen LogP contribution in [0.2, 0.25) is 5.02 Å². The fraction of sp³-hybridized carbons (Fsp3) is 0.478. The summed E-state index contributed by atoms with van der Waals surface area (Å²) in [6, 6.07) is 13.7. The van der Waals surface area contributed by atoms with Crippen LogP contribution in [-0.4, -0.2) is 74.6 Å². The molecule has 7 heteroatoms. The second-order valence-electron chi connectivity index (χ2n) is 7.56. The van der Waals surface area contributed by atoms with Crippen LogP contribution in [0.5, 0.6) is 11.5 Å². The van der Waals surface area contributed by atoms with E-state index in [0.29, 0.717) is 31.3 Å². The van der Waals surface area contributed by atoms with Crippen molar-refractivity contribution in [3.8, 4) is 11.5 Å². The zero-order valence-corrected chi connectivity index (χ0v) is 18.5. The third kappa shape index (κ3) is 6.86. The highest BCUT2D eigenvalue weighted by Crippen LogP contribution is 2.27. The Bertz CT molecular complexity index is 779. The van der Waals surface area contributed by atoms with Crippen molar-refractivity contribution in [3.05, 3.63) is 58.6 Å². The molecule has 164 valence electrons. The predicted molar refractivity (Wildman–Crippen MR) is 118 cm³/mol. The number of aliphatic hydroxyl groups excluding tert-OH is 1. The average Bonchev–Trinajstić information content (AvgIpc) is 2.76. The van der Waals surface area contributed by atoms with Crippen molar-refractivity contribution in [2.45, 2.75) is 19.3 Å². The number of hydrogen-bond acceptors (Lipinski definition) is 6. The summed E-state index contributed by atoms with van der Waals surface area (Å²) >= 11 is 5.95. The van der Waals surface area contributed by atoms with E-state index >= 15 is 0 Å². The van der Waals surface area contributed by atoms with E-state index in [1.54, 1.807) is 14.2 Å². The molecule has 0 spiro atoms. The first kappa shape index (κ1) is 22.8. The number of ether oxygens (including phenoxy) is 3. The fourth-order valence-electron chi connectivity index (χ4n) is 3.61. The van der Waals surface area contributed by atoms with Gasteiger partial charge in [0, 0.05) is 44.3 Å².